The van der Waals surface area contributed by atoms with Crippen LogP contribution in [-0.4, -0.2) is 29.4 Å². The van der Waals surface area contributed by atoms with E-state index in [2.05, 4.69) is 17.1 Å². The molecule has 1 aromatic heterocycles. The maximum absolute atomic E-state index is 12.4. The molecule has 1 fully saturated rings. The van der Waals surface area contributed by atoms with Crippen molar-refractivity contribution in [2.75, 3.05) is 13.6 Å². The van der Waals surface area contributed by atoms with Gasteiger partial charge in [0, 0.05) is 25.7 Å². The number of hydrogen-bond donors (Lipinski definition) is 0. The number of carbonyl (C=O) groups excluding carboxylic acids is 1. The zero-order valence-corrected chi connectivity index (χ0v) is 11.7. The largest absolute Gasteiger partial charge is 0.345 e. The number of hydrogen-bond acceptors (Lipinski definition) is 2. The van der Waals surface area contributed by atoms with Crippen molar-refractivity contribution >= 4 is 17.5 Å². The number of amides is 1. The van der Waals surface area contributed by atoms with Crippen LogP contribution in [0.1, 0.15) is 30.7 Å². The fourth-order valence-electron chi connectivity index (χ4n) is 3.23. The molecule has 2 atom stereocenters. The minimum Gasteiger partial charge on any atom is -0.345 e. The zero-order valence-electron chi connectivity index (χ0n) is 11.0. The molecule has 100 valence electrons. The van der Waals surface area contributed by atoms with Gasteiger partial charge in [0.1, 0.15) is 5.15 Å². The van der Waals surface area contributed by atoms with Gasteiger partial charge in [-0.15, -0.1) is 0 Å². The van der Waals surface area contributed by atoms with Gasteiger partial charge in [-0.3, -0.25) is 4.79 Å². The summed E-state index contributed by atoms with van der Waals surface area (Å²) >= 11 is 5.81. The van der Waals surface area contributed by atoms with Gasteiger partial charge in [0.05, 0.1) is 5.41 Å². The molecule has 0 bridgehead atoms. The van der Waals surface area contributed by atoms with Crippen molar-refractivity contribution < 1.29 is 4.79 Å². The summed E-state index contributed by atoms with van der Waals surface area (Å²) in [5.41, 5.74) is 0.857. The average Bonchev–Trinajstić information content (AvgIpc) is 2.82. The number of nitrogens with zero attached hydrogens (tertiary/aromatic N) is 2. The third kappa shape index (κ3) is 2.16. The molecule has 0 saturated carbocycles. The maximum atomic E-state index is 12.4. The minimum absolute atomic E-state index is 0.263. The van der Waals surface area contributed by atoms with Crippen LogP contribution >= 0.6 is 11.6 Å². The molecule has 0 unspecified atom stereocenters. The van der Waals surface area contributed by atoms with E-state index in [0.717, 1.165) is 31.4 Å². The second kappa shape index (κ2) is 4.64. The van der Waals surface area contributed by atoms with E-state index < -0.39 is 0 Å². The number of allylic oxidation sites excluding steroid dienone is 1. The number of carbonyl (C=O) groups is 1. The number of rotatable bonds is 1. The summed E-state index contributed by atoms with van der Waals surface area (Å²) in [6.45, 7) is 0.877. The fraction of sp³-hybridized carbons (Fsp3) is 0.467. The summed E-state index contributed by atoms with van der Waals surface area (Å²) in [6, 6.07) is 3.81. The number of pyridine rings is 1. The first-order valence-electron chi connectivity index (χ1n) is 6.67. The van der Waals surface area contributed by atoms with Crippen LogP contribution < -0.4 is 0 Å². The number of aromatic nitrogens is 1. The van der Waals surface area contributed by atoms with Crippen LogP contribution in [0.4, 0.5) is 0 Å². The Kier molecular flexibility index (Phi) is 3.09. The van der Waals surface area contributed by atoms with Crippen molar-refractivity contribution in [3.05, 3.63) is 41.2 Å². The average molecular weight is 277 g/mol. The first-order chi connectivity index (χ1) is 9.11. The summed E-state index contributed by atoms with van der Waals surface area (Å²) in [5, 5.41) is 0.508. The van der Waals surface area contributed by atoms with Crippen LogP contribution in [0.25, 0.3) is 0 Å². The van der Waals surface area contributed by atoms with Crippen molar-refractivity contribution in [3.63, 3.8) is 0 Å². The van der Waals surface area contributed by atoms with Crippen LogP contribution in [0.2, 0.25) is 5.15 Å². The Morgan fingerprint density at radius 3 is 3.05 bits per heavy atom. The highest BCUT2D eigenvalue weighted by atomic mass is 35.5. The number of likely N-dealkylation sites (tertiary alicyclic amines) is 1. The van der Waals surface area contributed by atoms with E-state index in [4.69, 9.17) is 11.6 Å². The summed E-state index contributed by atoms with van der Waals surface area (Å²) in [6.07, 6.45) is 8.99. The Labute approximate surface area is 118 Å². The monoisotopic (exact) mass is 276 g/mol. The van der Waals surface area contributed by atoms with Crippen molar-refractivity contribution in [2.45, 2.75) is 25.2 Å². The highest BCUT2D eigenvalue weighted by molar-refractivity contribution is 6.29. The number of halogens is 1. The maximum Gasteiger partial charge on any atom is 0.232 e. The van der Waals surface area contributed by atoms with Gasteiger partial charge in [0.25, 0.3) is 0 Å². The van der Waals surface area contributed by atoms with E-state index >= 15 is 0 Å². The van der Waals surface area contributed by atoms with E-state index in [-0.39, 0.29) is 17.2 Å². The predicted molar refractivity (Wildman–Crippen MR) is 75.0 cm³/mol. The molecule has 2 heterocycles. The minimum atomic E-state index is -0.280. The zero-order chi connectivity index (χ0) is 13.5. The Morgan fingerprint density at radius 1 is 1.47 bits per heavy atom. The molecule has 2 aliphatic rings. The molecule has 3 rings (SSSR count). The van der Waals surface area contributed by atoms with E-state index in [1.54, 1.807) is 0 Å². The molecule has 1 spiro atoms. The van der Waals surface area contributed by atoms with E-state index in [1.807, 2.05) is 30.3 Å². The fourth-order valence-corrected chi connectivity index (χ4v) is 3.34. The van der Waals surface area contributed by atoms with Gasteiger partial charge >= 0.3 is 0 Å². The smallest absolute Gasteiger partial charge is 0.232 e. The Hall–Kier alpha value is -1.35. The lowest BCUT2D eigenvalue weighted by Crippen LogP contribution is -2.45. The molecule has 1 saturated heterocycles. The normalized spacial score (nSPS) is 30.3. The van der Waals surface area contributed by atoms with Crippen molar-refractivity contribution in [1.29, 1.82) is 0 Å². The van der Waals surface area contributed by atoms with Crippen molar-refractivity contribution in [1.82, 2.24) is 9.88 Å². The van der Waals surface area contributed by atoms with E-state index in [1.165, 1.54) is 0 Å². The van der Waals surface area contributed by atoms with E-state index in [9.17, 15) is 4.79 Å². The lowest BCUT2D eigenvalue weighted by atomic mass is 9.76. The lowest BCUT2D eigenvalue weighted by molar-refractivity contribution is -0.141. The van der Waals surface area contributed by atoms with Crippen LogP contribution in [0, 0.1) is 5.41 Å². The summed E-state index contributed by atoms with van der Waals surface area (Å²) in [5.74, 6) is 0.541. The van der Waals surface area contributed by atoms with E-state index in [0.29, 0.717) is 5.15 Å². The molecule has 0 aromatic carbocycles. The molecule has 1 aliphatic carbocycles. The van der Waals surface area contributed by atoms with Crippen LogP contribution in [-0.2, 0) is 4.79 Å². The van der Waals surface area contributed by atoms with Gasteiger partial charge in [-0.1, -0.05) is 29.8 Å². The molecule has 0 radical (unpaired) electrons. The second-order valence-corrected chi connectivity index (χ2v) is 5.96. The SMILES string of the molecule is CN1CCC[C@@]2(C=C[C@@H](c3ccc(Cl)nc3)C2)C1=O. The topological polar surface area (TPSA) is 33.2 Å². The second-order valence-electron chi connectivity index (χ2n) is 5.57. The van der Waals surface area contributed by atoms with Crippen LogP contribution in [0.15, 0.2) is 30.5 Å². The molecule has 4 heteroatoms. The third-order valence-electron chi connectivity index (χ3n) is 4.30. The van der Waals surface area contributed by atoms with Gasteiger partial charge in [-0.25, -0.2) is 4.98 Å². The van der Waals surface area contributed by atoms with Gasteiger partial charge in [-0.05, 0) is 30.9 Å². The molecular formula is C15H17ClN2O. The summed E-state index contributed by atoms with van der Waals surface area (Å²) in [4.78, 5) is 18.4. The predicted octanol–water partition coefficient (Wildman–Crippen LogP) is 3.02. The lowest BCUT2D eigenvalue weighted by Gasteiger charge is -2.37. The molecule has 3 nitrogen and oxygen atoms in total. The molecule has 0 N–H and O–H groups in total. The highest BCUT2D eigenvalue weighted by Crippen LogP contribution is 2.46. The van der Waals surface area contributed by atoms with Gasteiger partial charge in [-0.2, -0.15) is 0 Å². The Bertz CT molecular complexity index is 525. The Morgan fingerprint density at radius 2 is 2.32 bits per heavy atom. The van der Waals surface area contributed by atoms with Gasteiger partial charge in [0.15, 0.2) is 0 Å². The molecular weight excluding hydrogens is 260 g/mol. The standard InChI is InChI=1S/C15H17ClN2O/c1-18-8-2-6-15(14(18)19)7-5-11(9-15)12-3-4-13(16)17-10-12/h3-5,7,10-11H,2,6,8-9H2,1H3/t11-,15+/m1/s1. The quantitative estimate of drug-likeness (QED) is 0.583. The van der Waals surface area contributed by atoms with Gasteiger partial charge < -0.3 is 4.90 Å². The van der Waals surface area contributed by atoms with Crippen LogP contribution in [0.3, 0.4) is 0 Å². The first-order valence-corrected chi connectivity index (χ1v) is 7.05. The third-order valence-corrected chi connectivity index (χ3v) is 4.52. The summed E-state index contributed by atoms with van der Waals surface area (Å²) in [7, 11) is 1.90. The molecule has 1 amide bonds. The first kappa shape index (κ1) is 12.7. The molecule has 1 aromatic rings. The van der Waals surface area contributed by atoms with Crippen molar-refractivity contribution in [3.8, 4) is 0 Å². The molecule has 1 aliphatic heterocycles. The highest BCUT2D eigenvalue weighted by Gasteiger charge is 2.44. The summed E-state index contributed by atoms with van der Waals surface area (Å²) < 4.78 is 0. The number of piperidine rings is 1. The van der Waals surface area contributed by atoms with Crippen LogP contribution in [0.5, 0.6) is 0 Å². The van der Waals surface area contributed by atoms with Gasteiger partial charge in [0.2, 0.25) is 5.91 Å². The van der Waals surface area contributed by atoms with Crippen molar-refractivity contribution in [2.24, 2.45) is 5.41 Å². The molecule has 19 heavy (non-hydrogen) atoms. The Balaban J connectivity index is 1.82.